The molecule has 2 rings (SSSR count). The van der Waals surface area contributed by atoms with Crippen molar-refractivity contribution >= 4 is 17.4 Å². The Morgan fingerprint density at radius 1 is 1.10 bits per heavy atom. The normalized spacial score (nSPS) is 12.3. The van der Waals surface area contributed by atoms with Gasteiger partial charge >= 0.3 is 5.97 Å². The topological polar surface area (TPSA) is 66.8 Å². The minimum absolute atomic E-state index is 0.0506. The van der Waals surface area contributed by atoms with Crippen molar-refractivity contribution in [3.8, 4) is 5.75 Å². The highest BCUT2D eigenvalue weighted by Gasteiger charge is 2.15. The van der Waals surface area contributed by atoms with Crippen LogP contribution in [0.1, 0.15) is 50.5 Å². The fraction of sp³-hybridized carbons (Fsp3) is 0.333. The van der Waals surface area contributed by atoms with E-state index in [0.717, 1.165) is 16.7 Å². The minimum Gasteiger partial charge on any atom is -0.486 e. The van der Waals surface area contributed by atoms with Crippen LogP contribution >= 0.6 is 0 Å². The average Bonchev–Trinajstić information content (AvgIpc) is 2.70. The molecule has 0 saturated carbocycles. The van der Waals surface area contributed by atoms with Gasteiger partial charge in [-0.2, -0.15) is 0 Å². The lowest BCUT2D eigenvalue weighted by atomic mass is 10.0. The van der Waals surface area contributed by atoms with Crippen molar-refractivity contribution < 1.29 is 19.4 Å². The first-order valence-corrected chi connectivity index (χ1v) is 9.89. The quantitative estimate of drug-likeness (QED) is 0.624. The molecule has 1 unspecified atom stereocenters. The van der Waals surface area contributed by atoms with E-state index in [2.05, 4.69) is 0 Å². The van der Waals surface area contributed by atoms with E-state index in [0.29, 0.717) is 24.4 Å². The predicted octanol–water partition coefficient (Wildman–Crippen LogP) is 4.73. The summed E-state index contributed by atoms with van der Waals surface area (Å²) < 4.78 is 6.06. The van der Waals surface area contributed by atoms with Crippen molar-refractivity contribution in [3.05, 3.63) is 71.3 Å². The Kier molecular flexibility index (Phi) is 8.01. The number of hydrogen-bond donors (Lipinski definition) is 1. The number of carboxylic acids is 1. The number of benzene rings is 2. The molecule has 0 fully saturated rings. The zero-order valence-electron chi connectivity index (χ0n) is 17.5. The molecule has 5 heteroatoms. The minimum atomic E-state index is -0.930. The molecule has 0 spiro atoms. The second kappa shape index (κ2) is 10.5. The second-order valence-electron chi connectivity index (χ2n) is 6.90. The van der Waals surface area contributed by atoms with Gasteiger partial charge in [0.2, 0.25) is 5.91 Å². The maximum Gasteiger partial charge on any atom is 0.307 e. The van der Waals surface area contributed by atoms with Crippen LogP contribution in [0.5, 0.6) is 5.75 Å². The van der Waals surface area contributed by atoms with Gasteiger partial charge in [-0.25, -0.2) is 0 Å². The number of carbonyl (C=O) groups excluding carboxylic acids is 1. The number of likely N-dealkylation sites (N-methyl/N-ethyl adjacent to an activating group) is 1. The largest absolute Gasteiger partial charge is 0.486 e. The molecular formula is C24H29NO4. The number of aliphatic carboxylic acids is 1. The number of hydrogen-bond acceptors (Lipinski definition) is 3. The first-order chi connectivity index (χ1) is 13.8. The van der Waals surface area contributed by atoms with Crippen LogP contribution < -0.4 is 4.74 Å². The van der Waals surface area contributed by atoms with Crippen molar-refractivity contribution in [2.75, 3.05) is 13.1 Å². The number of rotatable bonds is 9. The SMILES string of the molecule is CCN(CC)C(=O)/C=C(/C)c1ccc(OC(C)c2ccccc2)c(CC(=O)O)c1. The summed E-state index contributed by atoms with van der Waals surface area (Å²) in [6.07, 6.45) is 1.23. The van der Waals surface area contributed by atoms with Crippen LogP contribution in [0.15, 0.2) is 54.6 Å². The standard InChI is InChI=1S/C24H29NO4/c1-5-25(6-2)23(26)14-17(3)20-12-13-22(21(15-20)16-24(27)28)29-18(4)19-10-8-7-9-11-19/h7-15,18H,5-6,16H2,1-4H3,(H,27,28)/b17-14-. The summed E-state index contributed by atoms with van der Waals surface area (Å²) in [6.45, 7) is 8.96. The molecule has 0 aliphatic carbocycles. The van der Waals surface area contributed by atoms with E-state index >= 15 is 0 Å². The molecule has 1 atom stereocenters. The molecule has 0 aliphatic rings. The van der Waals surface area contributed by atoms with Gasteiger partial charge in [0.05, 0.1) is 6.42 Å². The summed E-state index contributed by atoms with van der Waals surface area (Å²) >= 11 is 0. The summed E-state index contributed by atoms with van der Waals surface area (Å²) in [5.41, 5.74) is 3.19. The Bertz CT molecular complexity index is 870. The Labute approximate surface area is 172 Å². The fourth-order valence-corrected chi connectivity index (χ4v) is 3.12. The van der Waals surface area contributed by atoms with E-state index in [1.165, 1.54) is 0 Å². The third kappa shape index (κ3) is 6.21. The van der Waals surface area contributed by atoms with Crippen LogP contribution in [0.4, 0.5) is 0 Å². The van der Waals surface area contributed by atoms with Gasteiger partial charge < -0.3 is 14.7 Å². The molecule has 5 nitrogen and oxygen atoms in total. The lowest BCUT2D eigenvalue weighted by Crippen LogP contribution is -2.28. The van der Waals surface area contributed by atoms with Crippen molar-refractivity contribution in [2.24, 2.45) is 0 Å². The van der Waals surface area contributed by atoms with Gasteiger partial charge in [0.1, 0.15) is 11.9 Å². The smallest absolute Gasteiger partial charge is 0.307 e. The van der Waals surface area contributed by atoms with Crippen molar-refractivity contribution in [1.82, 2.24) is 4.90 Å². The molecule has 29 heavy (non-hydrogen) atoms. The highest BCUT2D eigenvalue weighted by molar-refractivity contribution is 5.95. The molecule has 2 aromatic rings. The van der Waals surface area contributed by atoms with E-state index in [4.69, 9.17) is 4.74 Å². The molecule has 0 radical (unpaired) electrons. The number of carboxylic acid groups (broad SMARTS) is 1. The summed E-state index contributed by atoms with van der Waals surface area (Å²) in [7, 11) is 0. The van der Waals surface area contributed by atoms with E-state index < -0.39 is 5.97 Å². The van der Waals surface area contributed by atoms with E-state index in [9.17, 15) is 14.7 Å². The van der Waals surface area contributed by atoms with Crippen LogP contribution in [-0.2, 0) is 16.0 Å². The molecule has 0 heterocycles. The van der Waals surface area contributed by atoms with Gasteiger partial charge in [0, 0.05) is 24.7 Å². The molecule has 1 N–H and O–H groups in total. The molecule has 0 saturated heterocycles. The van der Waals surface area contributed by atoms with E-state index in [1.807, 2.05) is 64.1 Å². The first-order valence-electron chi connectivity index (χ1n) is 9.89. The van der Waals surface area contributed by atoms with Crippen LogP contribution in [0, 0.1) is 0 Å². The maximum absolute atomic E-state index is 12.4. The molecule has 0 aliphatic heterocycles. The molecule has 0 aromatic heterocycles. The number of amides is 1. The van der Waals surface area contributed by atoms with Gasteiger partial charge in [-0.05, 0) is 56.5 Å². The average molecular weight is 395 g/mol. The van der Waals surface area contributed by atoms with Gasteiger partial charge in [-0.1, -0.05) is 36.4 Å². The first kappa shape index (κ1) is 22.2. The van der Waals surface area contributed by atoms with Gasteiger partial charge in [-0.15, -0.1) is 0 Å². The highest BCUT2D eigenvalue weighted by atomic mass is 16.5. The van der Waals surface area contributed by atoms with Crippen molar-refractivity contribution in [1.29, 1.82) is 0 Å². The van der Waals surface area contributed by atoms with Crippen LogP contribution in [0.2, 0.25) is 0 Å². The maximum atomic E-state index is 12.4. The van der Waals surface area contributed by atoms with E-state index in [-0.39, 0.29) is 18.4 Å². The molecular weight excluding hydrogens is 366 g/mol. The van der Waals surface area contributed by atoms with Crippen molar-refractivity contribution in [3.63, 3.8) is 0 Å². The van der Waals surface area contributed by atoms with Crippen molar-refractivity contribution in [2.45, 2.75) is 40.2 Å². The molecule has 2 aromatic carbocycles. The van der Waals surface area contributed by atoms with Crippen LogP contribution in [0.3, 0.4) is 0 Å². The summed E-state index contributed by atoms with van der Waals surface area (Å²) in [5, 5.41) is 9.32. The molecule has 154 valence electrons. The summed E-state index contributed by atoms with van der Waals surface area (Å²) in [6, 6.07) is 15.2. The number of allylic oxidation sites excluding steroid dienone is 1. The Morgan fingerprint density at radius 2 is 1.76 bits per heavy atom. The summed E-state index contributed by atoms with van der Waals surface area (Å²) in [5.74, 6) is -0.444. The highest BCUT2D eigenvalue weighted by Crippen LogP contribution is 2.29. The monoisotopic (exact) mass is 395 g/mol. The number of carbonyl (C=O) groups is 2. The third-order valence-corrected chi connectivity index (χ3v) is 4.85. The lowest BCUT2D eigenvalue weighted by Gasteiger charge is -2.19. The fourth-order valence-electron chi connectivity index (χ4n) is 3.12. The zero-order chi connectivity index (χ0) is 21.4. The van der Waals surface area contributed by atoms with Gasteiger partial charge in [0.15, 0.2) is 0 Å². The summed E-state index contributed by atoms with van der Waals surface area (Å²) in [4.78, 5) is 25.5. The Morgan fingerprint density at radius 3 is 2.34 bits per heavy atom. The number of nitrogens with zero attached hydrogens (tertiary/aromatic N) is 1. The van der Waals surface area contributed by atoms with E-state index in [1.54, 1.807) is 23.1 Å². The van der Waals surface area contributed by atoms with Crippen LogP contribution in [-0.4, -0.2) is 35.0 Å². The third-order valence-electron chi connectivity index (χ3n) is 4.85. The molecule has 1 amide bonds. The Hall–Kier alpha value is -3.08. The van der Waals surface area contributed by atoms with Crippen LogP contribution in [0.25, 0.3) is 5.57 Å². The second-order valence-corrected chi connectivity index (χ2v) is 6.90. The van der Waals surface area contributed by atoms with Gasteiger partial charge in [-0.3, -0.25) is 9.59 Å². The molecule has 0 bridgehead atoms. The lowest BCUT2D eigenvalue weighted by molar-refractivity contribution is -0.136. The Balaban J connectivity index is 2.31. The number of ether oxygens (including phenoxy) is 1. The van der Waals surface area contributed by atoms with Gasteiger partial charge in [0.25, 0.3) is 0 Å². The zero-order valence-corrected chi connectivity index (χ0v) is 17.5. The predicted molar refractivity (Wildman–Crippen MR) is 115 cm³/mol.